The molecule has 26 heavy (non-hydrogen) atoms. The summed E-state index contributed by atoms with van der Waals surface area (Å²) in [6.45, 7) is 5.30. The number of aromatic nitrogens is 1. The van der Waals surface area contributed by atoms with Gasteiger partial charge in [-0.2, -0.15) is 0 Å². The first-order valence-corrected chi connectivity index (χ1v) is 9.37. The van der Waals surface area contributed by atoms with Crippen molar-refractivity contribution in [3.63, 3.8) is 0 Å². The standard InChI is InChI=1S/C21H25FN2O2/c1-14(20-7-6-17(25)10-23-20)11-24-12-15-8-18(9-16(15)13-24)26-21-5-3-2-4-19(21)22/h2-7,10,14-16,18,25H,8-9,11-13H2,1H3/t14?,15-,16+,18?. The minimum Gasteiger partial charge on any atom is -0.506 e. The van der Waals surface area contributed by atoms with Gasteiger partial charge in [0.05, 0.1) is 12.3 Å². The van der Waals surface area contributed by atoms with Crippen LogP contribution in [0.25, 0.3) is 0 Å². The number of para-hydroxylation sites is 1. The maximum Gasteiger partial charge on any atom is 0.165 e. The Morgan fingerprint density at radius 2 is 1.92 bits per heavy atom. The fraction of sp³-hybridized carbons (Fsp3) is 0.476. The molecule has 138 valence electrons. The minimum absolute atomic E-state index is 0.125. The Hall–Kier alpha value is -2.14. The number of fused-ring (bicyclic) bond motifs is 1. The number of ether oxygens (including phenoxy) is 1. The van der Waals surface area contributed by atoms with Crippen LogP contribution in [0.3, 0.4) is 0 Å². The van der Waals surface area contributed by atoms with Gasteiger partial charge in [-0.15, -0.1) is 0 Å². The average molecular weight is 356 g/mol. The molecule has 2 fully saturated rings. The van der Waals surface area contributed by atoms with Gasteiger partial charge in [0.25, 0.3) is 0 Å². The Morgan fingerprint density at radius 3 is 2.58 bits per heavy atom. The van der Waals surface area contributed by atoms with Crippen LogP contribution < -0.4 is 4.74 Å². The minimum atomic E-state index is -0.276. The molecule has 1 N–H and O–H groups in total. The van der Waals surface area contributed by atoms with E-state index < -0.39 is 0 Å². The number of aromatic hydroxyl groups is 1. The highest BCUT2D eigenvalue weighted by atomic mass is 19.1. The van der Waals surface area contributed by atoms with Gasteiger partial charge in [0.1, 0.15) is 5.75 Å². The number of likely N-dealkylation sites (tertiary alicyclic amines) is 1. The number of hydrogen-bond acceptors (Lipinski definition) is 4. The van der Waals surface area contributed by atoms with Crippen molar-refractivity contribution < 1.29 is 14.2 Å². The van der Waals surface area contributed by atoms with Crippen LogP contribution in [0.1, 0.15) is 31.4 Å². The van der Waals surface area contributed by atoms with Crippen LogP contribution in [-0.4, -0.2) is 40.7 Å². The summed E-state index contributed by atoms with van der Waals surface area (Å²) < 4.78 is 19.7. The Bertz CT molecular complexity index is 738. The van der Waals surface area contributed by atoms with Crippen molar-refractivity contribution in [2.24, 2.45) is 11.8 Å². The molecule has 1 aromatic heterocycles. The van der Waals surface area contributed by atoms with E-state index in [2.05, 4.69) is 16.8 Å². The summed E-state index contributed by atoms with van der Waals surface area (Å²) in [5, 5.41) is 9.37. The molecule has 1 saturated carbocycles. The molecule has 0 spiro atoms. The van der Waals surface area contributed by atoms with Gasteiger partial charge in [0, 0.05) is 31.2 Å². The molecule has 2 aliphatic rings. The third-order valence-electron chi connectivity index (χ3n) is 5.72. The van der Waals surface area contributed by atoms with Crippen LogP contribution in [0.4, 0.5) is 4.39 Å². The second-order valence-electron chi connectivity index (χ2n) is 7.72. The second kappa shape index (κ2) is 7.23. The highest BCUT2D eigenvalue weighted by Crippen LogP contribution is 2.40. The van der Waals surface area contributed by atoms with Crippen LogP contribution in [-0.2, 0) is 0 Å². The van der Waals surface area contributed by atoms with Gasteiger partial charge >= 0.3 is 0 Å². The molecular weight excluding hydrogens is 331 g/mol. The van der Waals surface area contributed by atoms with Gasteiger partial charge in [0.15, 0.2) is 11.6 Å². The maximum atomic E-state index is 13.8. The van der Waals surface area contributed by atoms with E-state index in [9.17, 15) is 9.50 Å². The number of benzene rings is 1. The third-order valence-corrected chi connectivity index (χ3v) is 5.72. The Balaban J connectivity index is 1.29. The monoisotopic (exact) mass is 356 g/mol. The predicted octanol–water partition coefficient (Wildman–Crippen LogP) is 3.82. The van der Waals surface area contributed by atoms with E-state index in [1.54, 1.807) is 18.2 Å². The van der Waals surface area contributed by atoms with Crippen molar-refractivity contribution in [2.45, 2.75) is 31.8 Å². The van der Waals surface area contributed by atoms with Crippen LogP contribution in [0, 0.1) is 17.7 Å². The molecule has 4 rings (SSSR count). The van der Waals surface area contributed by atoms with Gasteiger partial charge in [-0.05, 0) is 48.9 Å². The van der Waals surface area contributed by atoms with Gasteiger partial charge in [-0.3, -0.25) is 4.98 Å². The number of nitrogens with zero attached hydrogens (tertiary/aromatic N) is 2. The molecular formula is C21H25FN2O2. The van der Waals surface area contributed by atoms with Gasteiger partial charge in [0.2, 0.25) is 0 Å². The smallest absolute Gasteiger partial charge is 0.165 e. The van der Waals surface area contributed by atoms with Gasteiger partial charge in [-0.25, -0.2) is 4.39 Å². The zero-order chi connectivity index (χ0) is 18.1. The lowest BCUT2D eigenvalue weighted by Crippen LogP contribution is -2.28. The first-order valence-electron chi connectivity index (χ1n) is 9.37. The molecule has 0 radical (unpaired) electrons. The summed E-state index contributed by atoms with van der Waals surface area (Å²) in [6, 6.07) is 10.3. The van der Waals surface area contributed by atoms with Crippen molar-refractivity contribution >= 4 is 0 Å². The normalized spacial score (nSPS) is 26.6. The van der Waals surface area contributed by atoms with E-state index in [0.29, 0.717) is 23.5 Å². The quantitative estimate of drug-likeness (QED) is 0.885. The summed E-state index contributed by atoms with van der Waals surface area (Å²) in [7, 11) is 0. The summed E-state index contributed by atoms with van der Waals surface area (Å²) in [5.41, 5.74) is 1.01. The van der Waals surface area contributed by atoms with Gasteiger partial charge in [-0.1, -0.05) is 19.1 Å². The molecule has 1 aromatic carbocycles. The summed E-state index contributed by atoms with van der Waals surface area (Å²) >= 11 is 0. The molecule has 0 amide bonds. The molecule has 2 unspecified atom stereocenters. The van der Waals surface area contributed by atoms with Crippen LogP contribution >= 0.6 is 0 Å². The van der Waals surface area contributed by atoms with E-state index >= 15 is 0 Å². The van der Waals surface area contributed by atoms with E-state index in [4.69, 9.17) is 4.74 Å². The fourth-order valence-electron chi connectivity index (χ4n) is 4.48. The average Bonchev–Trinajstić information content (AvgIpc) is 3.15. The Labute approximate surface area is 153 Å². The summed E-state index contributed by atoms with van der Waals surface area (Å²) in [5.74, 6) is 1.90. The molecule has 5 heteroatoms. The van der Waals surface area contributed by atoms with Crippen LogP contribution in [0.5, 0.6) is 11.5 Å². The molecule has 2 aromatic rings. The molecule has 1 saturated heterocycles. The molecule has 0 bridgehead atoms. The summed E-state index contributed by atoms with van der Waals surface area (Å²) in [6.07, 6.45) is 3.64. The number of hydrogen-bond donors (Lipinski definition) is 1. The third kappa shape index (κ3) is 3.68. The zero-order valence-electron chi connectivity index (χ0n) is 15.0. The largest absolute Gasteiger partial charge is 0.506 e. The first kappa shape index (κ1) is 17.3. The van der Waals surface area contributed by atoms with Gasteiger partial charge < -0.3 is 14.7 Å². The van der Waals surface area contributed by atoms with Crippen molar-refractivity contribution in [3.8, 4) is 11.5 Å². The Morgan fingerprint density at radius 1 is 1.19 bits per heavy atom. The summed E-state index contributed by atoms with van der Waals surface area (Å²) in [4.78, 5) is 6.84. The molecule has 2 heterocycles. The Kier molecular flexibility index (Phi) is 4.81. The molecule has 4 atom stereocenters. The molecule has 4 nitrogen and oxygen atoms in total. The van der Waals surface area contributed by atoms with Crippen molar-refractivity contribution in [2.75, 3.05) is 19.6 Å². The lowest BCUT2D eigenvalue weighted by atomic mass is 10.0. The second-order valence-corrected chi connectivity index (χ2v) is 7.72. The number of pyridine rings is 1. The van der Waals surface area contributed by atoms with E-state index in [0.717, 1.165) is 38.2 Å². The lowest BCUT2D eigenvalue weighted by molar-refractivity contribution is 0.177. The molecule has 1 aliphatic heterocycles. The van der Waals surface area contributed by atoms with E-state index in [1.165, 1.54) is 12.3 Å². The lowest BCUT2D eigenvalue weighted by Gasteiger charge is -2.23. The topological polar surface area (TPSA) is 45.6 Å². The number of halogens is 1. The molecule has 1 aliphatic carbocycles. The highest BCUT2D eigenvalue weighted by molar-refractivity contribution is 5.24. The highest BCUT2D eigenvalue weighted by Gasteiger charge is 2.42. The SMILES string of the molecule is CC(CN1C[C@H]2CC(Oc3ccccc3F)C[C@H]2C1)c1ccc(O)cn1. The zero-order valence-corrected chi connectivity index (χ0v) is 15.0. The van der Waals surface area contributed by atoms with E-state index in [1.807, 2.05) is 12.1 Å². The predicted molar refractivity (Wildman–Crippen MR) is 97.8 cm³/mol. The first-order chi connectivity index (χ1) is 12.6. The van der Waals surface area contributed by atoms with E-state index in [-0.39, 0.29) is 17.7 Å². The van der Waals surface area contributed by atoms with Crippen LogP contribution in [0.2, 0.25) is 0 Å². The van der Waals surface area contributed by atoms with Crippen LogP contribution in [0.15, 0.2) is 42.6 Å². The maximum absolute atomic E-state index is 13.8. The van der Waals surface area contributed by atoms with Crippen molar-refractivity contribution in [1.29, 1.82) is 0 Å². The van der Waals surface area contributed by atoms with Crippen molar-refractivity contribution in [1.82, 2.24) is 9.88 Å². The van der Waals surface area contributed by atoms with Crippen molar-refractivity contribution in [3.05, 3.63) is 54.1 Å². The number of rotatable bonds is 5. The fourth-order valence-corrected chi connectivity index (χ4v) is 4.48.